The van der Waals surface area contributed by atoms with E-state index in [0.717, 1.165) is 5.69 Å². The number of carbonyl (C=O) groups excluding carboxylic acids is 1. The molecule has 0 saturated heterocycles. The zero-order valence-electron chi connectivity index (χ0n) is 6.33. The number of rotatable bonds is 3. The molecule has 11 heavy (non-hydrogen) atoms. The number of anilines is 1. The lowest BCUT2D eigenvalue weighted by molar-refractivity contribution is -0.116. The summed E-state index contributed by atoms with van der Waals surface area (Å²) >= 11 is 0. The summed E-state index contributed by atoms with van der Waals surface area (Å²) in [5.41, 5.74) is 6.00. The molecule has 2 N–H and O–H groups in total. The van der Waals surface area contributed by atoms with Crippen LogP contribution in [0.15, 0.2) is 10.6 Å². The fourth-order valence-electron chi connectivity index (χ4n) is 0.750. The molecule has 0 spiro atoms. The van der Waals surface area contributed by atoms with Gasteiger partial charge in [-0.2, -0.15) is 0 Å². The molecule has 4 nitrogen and oxygen atoms in total. The van der Waals surface area contributed by atoms with Gasteiger partial charge in [0.2, 0.25) is 5.88 Å². The largest absolute Gasteiger partial charge is 0.368 e. The summed E-state index contributed by atoms with van der Waals surface area (Å²) in [4.78, 5) is 10.5. The first kappa shape index (κ1) is 7.78. The molecule has 0 radical (unpaired) electrons. The third kappa shape index (κ3) is 2.41. The molecular weight excluding hydrogens is 144 g/mol. The van der Waals surface area contributed by atoms with E-state index in [2.05, 4.69) is 9.68 Å². The molecule has 0 aliphatic rings. The highest BCUT2D eigenvalue weighted by molar-refractivity contribution is 5.75. The van der Waals surface area contributed by atoms with E-state index in [0.29, 0.717) is 18.7 Å². The van der Waals surface area contributed by atoms with Crippen molar-refractivity contribution in [2.45, 2.75) is 19.8 Å². The summed E-state index contributed by atoms with van der Waals surface area (Å²) < 4.78 is 4.61. The van der Waals surface area contributed by atoms with Gasteiger partial charge in [0.25, 0.3) is 0 Å². The summed E-state index contributed by atoms with van der Waals surface area (Å²) in [6.45, 7) is 1.55. The van der Waals surface area contributed by atoms with Crippen LogP contribution < -0.4 is 5.73 Å². The van der Waals surface area contributed by atoms with Crippen LogP contribution in [0.4, 0.5) is 5.88 Å². The van der Waals surface area contributed by atoms with E-state index in [1.807, 2.05) is 0 Å². The molecule has 1 aromatic heterocycles. The SMILES string of the molecule is CC(=O)CCc1cc(N)on1. The highest BCUT2D eigenvalue weighted by Crippen LogP contribution is 2.06. The van der Waals surface area contributed by atoms with Gasteiger partial charge in [-0.15, -0.1) is 0 Å². The number of hydrogen-bond acceptors (Lipinski definition) is 4. The van der Waals surface area contributed by atoms with Crippen LogP contribution in [0.1, 0.15) is 19.0 Å². The van der Waals surface area contributed by atoms with Gasteiger partial charge in [0, 0.05) is 18.9 Å². The Morgan fingerprint density at radius 1 is 1.82 bits per heavy atom. The Kier molecular flexibility index (Phi) is 2.25. The van der Waals surface area contributed by atoms with Gasteiger partial charge in [0.1, 0.15) is 5.78 Å². The maximum absolute atomic E-state index is 10.5. The van der Waals surface area contributed by atoms with Crippen molar-refractivity contribution in [3.05, 3.63) is 11.8 Å². The number of Topliss-reactive ketones (excluding diaryl/α,β-unsaturated/α-hetero) is 1. The fraction of sp³-hybridized carbons (Fsp3) is 0.429. The average Bonchev–Trinajstić information content (AvgIpc) is 2.31. The summed E-state index contributed by atoms with van der Waals surface area (Å²) in [5, 5.41) is 3.64. The second kappa shape index (κ2) is 3.18. The molecule has 0 unspecified atom stereocenters. The molecule has 1 aromatic rings. The lowest BCUT2D eigenvalue weighted by atomic mass is 10.2. The van der Waals surface area contributed by atoms with E-state index in [1.54, 1.807) is 13.0 Å². The van der Waals surface area contributed by atoms with Gasteiger partial charge in [-0.25, -0.2) is 0 Å². The summed E-state index contributed by atoms with van der Waals surface area (Å²) in [7, 11) is 0. The van der Waals surface area contributed by atoms with Crippen LogP contribution in [0.5, 0.6) is 0 Å². The number of nitrogen functional groups attached to an aromatic ring is 1. The van der Waals surface area contributed by atoms with Crippen molar-refractivity contribution in [1.82, 2.24) is 5.16 Å². The number of carbonyl (C=O) groups is 1. The van der Waals surface area contributed by atoms with Crippen LogP contribution >= 0.6 is 0 Å². The Bertz CT molecular complexity index is 255. The average molecular weight is 154 g/mol. The van der Waals surface area contributed by atoms with Crippen LogP contribution in [0, 0.1) is 0 Å². The third-order valence-corrected chi connectivity index (χ3v) is 1.31. The zero-order chi connectivity index (χ0) is 8.27. The smallest absolute Gasteiger partial charge is 0.222 e. The van der Waals surface area contributed by atoms with Crippen molar-refractivity contribution in [3.8, 4) is 0 Å². The van der Waals surface area contributed by atoms with Crippen LogP contribution in [0.3, 0.4) is 0 Å². The maximum atomic E-state index is 10.5. The van der Waals surface area contributed by atoms with E-state index in [-0.39, 0.29) is 5.78 Å². The molecule has 1 heterocycles. The number of nitrogens with zero attached hydrogens (tertiary/aromatic N) is 1. The highest BCUT2D eigenvalue weighted by Gasteiger charge is 2.01. The normalized spacial score (nSPS) is 9.91. The van der Waals surface area contributed by atoms with Crippen molar-refractivity contribution >= 4 is 11.7 Å². The Morgan fingerprint density at radius 2 is 2.55 bits per heavy atom. The summed E-state index contributed by atoms with van der Waals surface area (Å²) in [6, 6.07) is 1.63. The van der Waals surface area contributed by atoms with Crippen molar-refractivity contribution in [2.24, 2.45) is 0 Å². The first-order valence-electron chi connectivity index (χ1n) is 3.39. The van der Waals surface area contributed by atoms with E-state index >= 15 is 0 Å². The first-order chi connectivity index (χ1) is 5.18. The van der Waals surface area contributed by atoms with Gasteiger partial charge in [-0.3, -0.25) is 0 Å². The van der Waals surface area contributed by atoms with Crippen LogP contribution in [0.25, 0.3) is 0 Å². The van der Waals surface area contributed by atoms with Gasteiger partial charge in [0.15, 0.2) is 0 Å². The molecule has 0 saturated carbocycles. The van der Waals surface area contributed by atoms with Gasteiger partial charge >= 0.3 is 0 Å². The Labute approximate surface area is 64.4 Å². The molecule has 60 valence electrons. The lowest BCUT2D eigenvalue weighted by Gasteiger charge is -1.88. The van der Waals surface area contributed by atoms with Gasteiger partial charge < -0.3 is 15.1 Å². The topological polar surface area (TPSA) is 69.1 Å². The minimum atomic E-state index is 0.145. The maximum Gasteiger partial charge on any atom is 0.222 e. The molecule has 4 heteroatoms. The standard InChI is InChI=1S/C7H10N2O2/c1-5(10)2-3-6-4-7(8)11-9-6/h4H,2-3,8H2,1H3. The van der Waals surface area contributed by atoms with E-state index < -0.39 is 0 Å². The van der Waals surface area contributed by atoms with Gasteiger partial charge in [0.05, 0.1) is 5.69 Å². The Balaban J connectivity index is 2.45. The van der Waals surface area contributed by atoms with Crippen molar-refractivity contribution in [1.29, 1.82) is 0 Å². The molecule has 0 aliphatic heterocycles. The quantitative estimate of drug-likeness (QED) is 0.698. The van der Waals surface area contributed by atoms with Crippen molar-refractivity contribution in [3.63, 3.8) is 0 Å². The molecule has 0 fully saturated rings. The van der Waals surface area contributed by atoms with E-state index in [4.69, 9.17) is 5.73 Å². The Morgan fingerprint density at radius 3 is 3.00 bits per heavy atom. The highest BCUT2D eigenvalue weighted by atomic mass is 16.5. The molecule has 0 aliphatic carbocycles. The molecule has 0 atom stereocenters. The first-order valence-corrected chi connectivity index (χ1v) is 3.39. The zero-order valence-corrected chi connectivity index (χ0v) is 6.33. The number of hydrogen-bond donors (Lipinski definition) is 1. The van der Waals surface area contributed by atoms with Crippen molar-refractivity contribution in [2.75, 3.05) is 5.73 Å². The number of nitrogens with two attached hydrogens (primary N) is 1. The lowest BCUT2D eigenvalue weighted by Crippen LogP contribution is -1.93. The van der Waals surface area contributed by atoms with Gasteiger partial charge in [-0.1, -0.05) is 5.16 Å². The monoisotopic (exact) mass is 154 g/mol. The van der Waals surface area contributed by atoms with Crippen LogP contribution in [-0.4, -0.2) is 10.9 Å². The van der Waals surface area contributed by atoms with Crippen LogP contribution in [0.2, 0.25) is 0 Å². The van der Waals surface area contributed by atoms with Gasteiger partial charge in [-0.05, 0) is 6.92 Å². The van der Waals surface area contributed by atoms with Crippen LogP contribution in [-0.2, 0) is 11.2 Å². The Hall–Kier alpha value is -1.32. The minimum Gasteiger partial charge on any atom is -0.368 e. The molecule has 0 bridgehead atoms. The number of ketones is 1. The predicted molar refractivity (Wildman–Crippen MR) is 39.9 cm³/mol. The minimum absolute atomic E-state index is 0.145. The predicted octanol–water partition coefficient (Wildman–Crippen LogP) is 0.778. The molecule has 1 rings (SSSR count). The number of aryl methyl sites for hydroxylation is 1. The second-order valence-corrected chi connectivity index (χ2v) is 2.42. The molecule has 0 aromatic carbocycles. The third-order valence-electron chi connectivity index (χ3n) is 1.31. The number of aromatic nitrogens is 1. The molecular formula is C7H10N2O2. The second-order valence-electron chi connectivity index (χ2n) is 2.42. The summed E-state index contributed by atoms with van der Waals surface area (Å²) in [6.07, 6.45) is 1.10. The summed E-state index contributed by atoms with van der Waals surface area (Å²) in [5.74, 6) is 0.440. The van der Waals surface area contributed by atoms with E-state index in [1.165, 1.54) is 0 Å². The fourth-order valence-corrected chi connectivity index (χ4v) is 0.750. The van der Waals surface area contributed by atoms with Crippen molar-refractivity contribution < 1.29 is 9.32 Å². The molecule has 0 amide bonds. The van der Waals surface area contributed by atoms with E-state index in [9.17, 15) is 4.79 Å².